The van der Waals surface area contributed by atoms with Gasteiger partial charge in [-0.1, -0.05) is 0 Å². The van der Waals surface area contributed by atoms with Crippen LogP contribution >= 0.6 is 0 Å². The number of carbonyl (C=O) groups excluding carboxylic acids is 1. The van der Waals surface area contributed by atoms with Crippen LogP contribution in [0.3, 0.4) is 0 Å². The largest absolute Gasteiger partial charge is 0.433 e. The number of nitrogens with zero attached hydrogens (tertiary/aromatic N) is 6. The predicted octanol–water partition coefficient (Wildman–Crippen LogP) is 3.13. The maximum Gasteiger partial charge on any atom is 0.433 e. The molecule has 0 aliphatic carbocycles. The monoisotopic (exact) mass is 430 g/mol. The molecule has 162 valence electrons. The fraction of sp³-hybridized carbons (Fsp3) is 0.429. The van der Waals surface area contributed by atoms with Crippen molar-refractivity contribution in [3.63, 3.8) is 0 Å². The van der Waals surface area contributed by atoms with Crippen LogP contribution in [0, 0.1) is 19.8 Å². The standard InChI is InChI=1S/C21H21F3N6O/c1-12-13(2)30-11-26-27-20(30)17-10-29(9-16(12)17)19(31)5-14-7-28(8-14)15-3-4-18(25-6-15)21(22,23)24/h3-4,6,11,14H,5,7-10H2,1-2H3. The maximum absolute atomic E-state index is 12.9. The third-order valence-corrected chi connectivity index (χ3v) is 6.41. The molecule has 10 heteroatoms. The van der Waals surface area contributed by atoms with Gasteiger partial charge in [0.2, 0.25) is 5.91 Å². The highest BCUT2D eigenvalue weighted by Gasteiger charge is 2.35. The van der Waals surface area contributed by atoms with E-state index in [0.29, 0.717) is 38.3 Å². The van der Waals surface area contributed by atoms with Crippen molar-refractivity contribution in [2.24, 2.45) is 5.92 Å². The topological polar surface area (TPSA) is 66.6 Å². The molecule has 1 fully saturated rings. The van der Waals surface area contributed by atoms with E-state index in [9.17, 15) is 18.0 Å². The lowest BCUT2D eigenvalue weighted by Gasteiger charge is -2.41. The number of fused-ring (bicyclic) bond motifs is 3. The fourth-order valence-corrected chi connectivity index (χ4v) is 4.47. The first-order valence-electron chi connectivity index (χ1n) is 10.1. The average molecular weight is 430 g/mol. The number of hydrogen-bond donors (Lipinski definition) is 0. The molecule has 31 heavy (non-hydrogen) atoms. The summed E-state index contributed by atoms with van der Waals surface area (Å²) in [6.45, 7) is 6.44. The van der Waals surface area contributed by atoms with E-state index in [4.69, 9.17) is 0 Å². The van der Waals surface area contributed by atoms with Crippen molar-refractivity contribution in [3.8, 4) is 0 Å². The molecule has 0 bridgehead atoms. The molecule has 0 saturated carbocycles. The molecule has 0 atom stereocenters. The third-order valence-electron chi connectivity index (χ3n) is 6.41. The Morgan fingerprint density at radius 2 is 1.90 bits per heavy atom. The molecular weight excluding hydrogens is 409 g/mol. The Bertz CT molecular complexity index is 1160. The van der Waals surface area contributed by atoms with Gasteiger partial charge in [-0.15, -0.1) is 10.2 Å². The Balaban J connectivity index is 1.21. The van der Waals surface area contributed by atoms with Gasteiger partial charge in [-0.25, -0.2) is 4.98 Å². The van der Waals surface area contributed by atoms with Gasteiger partial charge >= 0.3 is 6.18 Å². The summed E-state index contributed by atoms with van der Waals surface area (Å²) < 4.78 is 39.9. The van der Waals surface area contributed by atoms with Gasteiger partial charge in [-0.2, -0.15) is 13.2 Å². The lowest BCUT2D eigenvalue weighted by atomic mass is 9.95. The molecule has 0 aromatic carbocycles. The van der Waals surface area contributed by atoms with E-state index >= 15 is 0 Å². The second-order valence-corrected chi connectivity index (χ2v) is 8.32. The van der Waals surface area contributed by atoms with Gasteiger partial charge < -0.3 is 9.80 Å². The SMILES string of the molecule is Cc1c2c(c3nncn3c1C)CN(C(=O)CC1CN(c3ccc(C(F)(F)F)nc3)C1)C2. The van der Waals surface area contributed by atoms with E-state index in [1.807, 2.05) is 21.1 Å². The number of amides is 1. The zero-order valence-electron chi connectivity index (χ0n) is 17.1. The number of hydrogen-bond acceptors (Lipinski definition) is 5. The van der Waals surface area contributed by atoms with Crippen molar-refractivity contribution >= 4 is 17.2 Å². The Kier molecular flexibility index (Phi) is 4.42. The number of aromatic nitrogens is 4. The van der Waals surface area contributed by atoms with Crippen molar-refractivity contribution in [1.82, 2.24) is 24.5 Å². The minimum atomic E-state index is -4.44. The van der Waals surface area contributed by atoms with E-state index in [1.54, 1.807) is 6.33 Å². The van der Waals surface area contributed by atoms with Gasteiger partial charge in [0, 0.05) is 43.2 Å². The number of halogens is 3. The summed E-state index contributed by atoms with van der Waals surface area (Å²) in [4.78, 5) is 20.2. The molecule has 0 spiro atoms. The molecule has 7 nitrogen and oxygen atoms in total. The van der Waals surface area contributed by atoms with Gasteiger partial charge in [-0.3, -0.25) is 9.20 Å². The van der Waals surface area contributed by atoms with Crippen LogP contribution in [-0.2, 0) is 24.1 Å². The zero-order valence-corrected chi connectivity index (χ0v) is 17.1. The number of carbonyl (C=O) groups is 1. The summed E-state index contributed by atoms with van der Waals surface area (Å²) in [6, 6.07) is 2.42. The van der Waals surface area contributed by atoms with E-state index in [0.717, 1.165) is 34.1 Å². The minimum absolute atomic E-state index is 0.0844. The highest BCUT2D eigenvalue weighted by molar-refractivity contribution is 5.78. The summed E-state index contributed by atoms with van der Waals surface area (Å²) in [5, 5.41) is 8.24. The van der Waals surface area contributed by atoms with E-state index < -0.39 is 11.9 Å². The van der Waals surface area contributed by atoms with Gasteiger partial charge in [0.15, 0.2) is 5.65 Å². The highest BCUT2D eigenvalue weighted by Crippen LogP contribution is 2.34. The Morgan fingerprint density at radius 3 is 2.58 bits per heavy atom. The molecule has 3 aromatic rings. The van der Waals surface area contributed by atoms with Crippen LogP contribution in [0.2, 0.25) is 0 Å². The quantitative estimate of drug-likeness (QED) is 0.639. The molecule has 2 aliphatic rings. The molecular formula is C21H21F3N6O. The van der Waals surface area contributed by atoms with Crippen LogP contribution in [-0.4, -0.2) is 43.5 Å². The maximum atomic E-state index is 12.9. The summed E-state index contributed by atoms with van der Waals surface area (Å²) in [6.07, 6.45) is -1.08. The lowest BCUT2D eigenvalue weighted by Crippen LogP contribution is -2.48. The summed E-state index contributed by atoms with van der Waals surface area (Å²) >= 11 is 0. The molecule has 5 heterocycles. The number of alkyl halides is 3. The zero-order chi connectivity index (χ0) is 21.9. The van der Waals surface area contributed by atoms with E-state index in [2.05, 4.69) is 22.1 Å². The minimum Gasteiger partial charge on any atom is -0.370 e. The highest BCUT2D eigenvalue weighted by atomic mass is 19.4. The summed E-state index contributed by atoms with van der Waals surface area (Å²) in [5.41, 5.74) is 4.99. The normalized spacial score (nSPS) is 16.7. The van der Waals surface area contributed by atoms with E-state index in [1.165, 1.54) is 12.3 Å². The molecule has 0 radical (unpaired) electrons. The van der Waals surface area contributed by atoms with Gasteiger partial charge in [0.1, 0.15) is 12.0 Å². The van der Waals surface area contributed by atoms with Crippen LogP contribution < -0.4 is 4.90 Å². The first-order valence-corrected chi connectivity index (χ1v) is 10.1. The lowest BCUT2D eigenvalue weighted by molar-refractivity contribution is -0.141. The van der Waals surface area contributed by atoms with Gasteiger partial charge in [-0.05, 0) is 37.1 Å². The van der Waals surface area contributed by atoms with Crippen molar-refractivity contribution in [3.05, 3.63) is 52.7 Å². The van der Waals surface area contributed by atoms with Crippen molar-refractivity contribution in [2.75, 3.05) is 18.0 Å². The molecule has 1 amide bonds. The van der Waals surface area contributed by atoms with Crippen LogP contribution in [0.25, 0.3) is 5.65 Å². The number of pyridine rings is 2. The van der Waals surface area contributed by atoms with Crippen LogP contribution in [0.4, 0.5) is 18.9 Å². The predicted molar refractivity (Wildman–Crippen MR) is 106 cm³/mol. The first-order chi connectivity index (χ1) is 14.7. The fourth-order valence-electron chi connectivity index (χ4n) is 4.47. The molecule has 2 aliphatic heterocycles. The molecule has 0 unspecified atom stereocenters. The molecule has 0 N–H and O–H groups in total. The van der Waals surface area contributed by atoms with Crippen LogP contribution in [0.5, 0.6) is 0 Å². The molecule has 3 aromatic heterocycles. The van der Waals surface area contributed by atoms with Gasteiger partial charge in [0.05, 0.1) is 18.4 Å². The number of rotatable bonds is 3. The second kappa shape index (κ2) is 6.93. The smallest absolute Gasteiger partial charge is 0.370 e. The van der Waals surface area contributed by atoms with Crippen molar-refractivity contribution < 1.29 is 18.0 Å². The Hall–Kier alpha value is -3.17. The summed E-state index contributed by atoms with van der Waals surface area (Å²) in [7, 11) is 0. The first kappa shape index (κ1) is 19.8. The van der Waals surface area contributed by atoms with Crippen molar-refractivity contribution in [1.29, 1.82) is 0 Å². The third kappa shape index (κ3) is 3.30. The van der Waals surface area contributed by atoms with E-state index in [-0.39, 0.29) is 11.8 Å². The molecule has 1 saturated heterocycles. The molecule has 5 rings (SSSR count). The van der Waals surface area contributed by atoms with Gasteiger partial charge in [0.25, 0.3) is 0 Å². The van der Waals surface area contributed by atoms with Crippen molar-refractivity contribution in [2.45, 2.75) is 39.5 Å². The van der Waals surface area contributed by atoms with Crippen LogP contribution in [0.1, 0.15) is 34.5 Å². The Labute approximate surface area is 176 Å². The number of anilines is 1. The second-order valence-electron chi connectivity index (χ2n) is 8.32. The summed E-state index contributed by atoms with van der Waals surface area (Å²) in [5.74, 6) is 0.260. The Morgan fingerprint density at radius 1 is 1.16 bits per heavy atom. The average Bonchev–Trinajstić information content (AvgIpc) is 3.35. The van der Waals surface area contributed by atoms with Crippen LogP contribution in [0.15, 0.2) is 24.7 Å². The number of aryl methyl sites for hydroxylation is 1.